The van der Waals surface area contributed by atoms with Crippen LogP contribution in [0.3, 0.4) is 0 Å². The normalized spacial score (nSPS) is 14.2. The predicted octanol–water partition coefficient (Wildman–Crippen LogP) is 3.00. The molecule has 2 aromatic heterocycles. The molecule has 0 aliphatic heterocycles. The molecule has 110 valence electrons. The van der Waals surface area contributed by atoms with Crippen LogP contribution in [0.5, 0.6) is 0 Å². The number of aromatic nitrogens is 3. The fourth-order valence-electron chi connectivity index (χ4n) is 2.36. The van der Waals surface area contributed by atoms with E-state index < -0.39 is 5.82 Å². The summed E-state index contributed by atoms with van der Waals surface area (Å²) in [6.07, 6.45) is 4.19. The van der Waals surface area contributed by atoms with E-state index in [1.807, 2.05) is 6.20 Å². The molecule has 2 heterocycles. The summed E-state index contributed by atoms with van der Waals surface area (Å²) >= 11 is 0. The van der Waals surface area contributed by atoms with Crippen LogP contribution in [0.4, 0.5) is 10.1 Å². The highest BCUT2D eigenvalue weighted by Gasteiger charge is 2.26. The summed E-state index contributed by atoms with van der Waals surface area (Å²) in [7, 11) is 0. The molecule has 1 aliphatic rings. The van der Waals surface area contributed by atoms with Crippen LogP contribution in [0.2, 0.25) is 0 Å². The number of benzene rings is 1. The number of hydrogen-bond acceptors (Lipinski definition) is 3. The third-order valence-corrected chi connectivity index (χ3v) is 3.65. The largest absolute Gasteiger partial charge is 0.320 e. The molecule has 0 unspecified atom stereocenters. The molecule has 5 nitrogen and oxygen atoms in total. The van der Waals surface area contributed by atoms with Gasteiger partial charge in [-0.3, -0.25) is 4.79 Å². The summed E-state index contributed by atoms with van der Waals surface area (Å²) in [5.41, 5.74) is 2.41. The van der Waals surface area contributed by atoms with Gasteiger partial charge in [0.15, 0.2) is 5.65 Å². The zero-order chi connectivity index (χ0) is 15.1. The second-order valence-corrected chi connectivity index (χ2v) is 5.43. The minimum atomic E-state index is -0.398. The molecule has 3 aromatic rings. The van der Waals surface area contributed by atoms with Gasteiger partial charge in [0.1, 0.15) is 11.5 Å². The third-order valence-electron chi connectivity index (χ3n) is 3.65. The smallest absolute Gasteiger partial charge is 0.276 e. The van der Waals surface area contributed by atoms with Gasteiger partial charge in [0.25, 0.3) is 5.91 Å². The first-order chi connectivity index (χ1) is 10.7. The van der Waals surface area contributed by atoms with Crippen molar-refractivity contribution in [2.24, 2.45) is 0 Å². The maximum Gasteiger partial charge on any atom is 0.276 e. The Bertz CT molecular complexity index is 869. The Hall–Kier alpha value is -2.76. The van der Waals surface area contributed by atoms with E-state index in [2.05, 4.69) is 15.4 Å². The van der Waals surface area contributed by atoms with Crippen LogP contribution in [0.1, 0.15) is 34.9 Å². The first-order valence-electron chi connectivity index (χ1n) is 7.12. The lowest BCUT2D eigenvalue weighted by Crippen LogP contribution is -2.15. The quantitative estimate of drug-likeness (QED) is 0.808. The number of fused-ring (bicyclic) bond motifs is 1. The number of nitrogens with zero attached hydrogens (tertiary/aromatic N) is 3. The maximum atomic E-state index is 13.1. The fraction of sp³-hybridized carbons (Fsp3) is 0.188. The monoisotopic (exact) mass is 296 g/mol. The van der Waals surface area contributed by atoms with Crippen molar-refractivity contribution in [1.82, 2.24) is 14.6 Å². The Labute approximate surface area is 125 Å². The number of carbonyl (C=O) groups is 1. The SMILES string of the molecule is O=C(Nc1cccc(F)c1)c1ccc2nc(C3CC3)cn2n1. The lowest BCUT2D eigenvalue weighted by molar-refractivity contribution is 0.102. The van der Waals surface area contributed by atoms with Crippen molar-refractivity contribution >= 4 is 17.2 Å². The van der Waals surface area contributed by atoms with Crippen molar-refractivity contribution in [2.45, 2.75) is 18.8 Å². The van der Waals surface area contributed by atoms with Crippen LogP contribution in [-0.4, -0.2) is 20.5 Å². The predicted molar refractivity (Wildman–Crippen MR) is 79.3 cm³/mol. The molecule has 1 amide bonds. The van der Waals surface area contributed by atoms with E-state index in [-0.39, 0.29) is 11.6 Å². The molecule has 1 saturated carbocycles. The molecule has 0 saturated heterocycles. The summed E-state index contributed by atoms with van der Waals surface area (Å²) in [5.74, 6) is -0.245. The minimum absolute atomic E-state index is 0.261. The number of imidazole rings is 1. The first kappa shape index (κ1) is 12.9. The molecule has 1 N–H and O–H groups in total. The average molecular weight is 296 g/mol. The molecule has 0 spiro atoms. The van der Waals surface area contributed by atoms with E-state index in [1.165, 1.54) is 12.1 Å². The summed E-state index contributed by atoms with van der Waals surface area (Å²) < 4.78 is 14.8. The lowest BCUT2D eigenvalue weighted by Gasteiger charge is -2.04. The number of rotatable bonds is 3. The van der Waals surface area contributed by atoms with Crippen molar-refractivity contribution < 1.29 is 9.18 Å². The molecule has 0 bridgehead atoms. The van der Waals surface area contributed by atoms with Gasteiger partial charge in [0, 0.05) is 11.6 Å². The third kappa shape index (κ3) is 2.43. The van der Waals surface area contributed by atoms with Gasteiger partial charge in [-0.2, -0.15) is 5.10 Å². The second-order valence-electron chi connectivity index (χ2n) is 5.43. The molecule has 4 rings (SSSR count). The molecule has 0 atom stereocenters. The van der Waals surface area contributed by atoms with E-state index in [0.29, 0.717) is 11.6 Å². The molecule has 6 heteroatoms. The van der Waals surface area contributed by atoms with Gasteiger partial charge in [-0.1, -0.05) is 6.07 Å². The standard InChI is InChI=1S/C16H13FN4O/c17-11-2-1-3-12(8-11)18-16(22)13-6-7-15-19-14(10-4-5-10)9-21(15)20-13/h1-3,6-10H,4-5H2,(H,18,22). The lowest BCUT2D eigenvalue weighted by atomic mass is 10.3. The van der Waals surface area contributed by atoms with E-state index in [9.17, 15) is 9.18 Å². The Balaban J connectivity index is 1.60. The molecule has 1 aromatic carbocycles. The van der Waals surface area contributed by atoms with Crippen molar-refractivity contribution in [3.8, 4) is 0 Å². The number of nitrogens with one attached hydrogen (secondary N) is 1. The van der Waals surface area contributed by atoms with Crippen LogP contribution < -0.4 is 5.32 Å². The number of carbonyl (C=O) groups excluding carboxylic acids is 1. The molecular formula is C16H13FN4O. The highest BCUT2D eigenvalue weighted by atomic mass is 19.1. The molecular weight excluding hydrogens is 283 g/mol. The minimum Gasteiger partial charge on any atom is -0.320 e. The molecule has 22 heavy (non-hydrogen) atoms. The summed E-state index contributed by atoms with van der Waals surface area (Å²) in [6, 6.07) is 9.14. The molecule has 1 fully saturated rings. The Kier molecular flexibility index (Phi) is 2.89. The Morgan fingerprint density at radius 2 is 2.14 bits per heavy atom. The van der Waals surface area contributed by atoms with Gasteiger partial charge in [-0.05, 0) is 43.2 Å². The Morgan fingerprint density at radius 3 is 2.91 bits per heavy atom. The summed E-state index contributed by atoms with van der Waals surface area (Å²) in [5, 5.41) is 6.90. The zero-order valence-electron chi connectivity index (χ0n) is 11.7. The highest BCUT2D eigenvalue weighted by molar-refractivity contribution is 6.02. The topological polar surface area (TPSA) is 59.3 Å². The number of hydrogen-bond donors (Lipinski definition) is 1. The van der Waals surface area contributed by atoms with E-state index in [4.69, 9.17) is 0 Å². The van der Waals surface area contributed by atoms with Crippen LogP contribution in [-0.2, 0) is 0 Å². The highest BCUT2D eigenvalue weighted by Crippen LogP contribution is 2.39. The van der Waals surface area contributed by atoms with Crippen LogP contribution in [0, 0.1) is 5.82 Å². The zero-order valence-corrected chi connectivity index (χ0v) is 11.7. The van der Waals surface area contributed by atoms with Crippen molar-refractivity contribution in [3.05, 3.63) is 59.8 Å². The van der Waals surface area contributed by atoms with Gasteiger partial charge < -0.3 is 5.32 Å². The summed E-state index contributed by atoms with van der Waals surface area (Å²) in [6.45, 7) is 0. The maximum absolute atomic E-state index is 13.1. The van der Waals surface area contributed by atoms with Crippen LogP contribution in [0.25, 0.3) is 5.65 Å². The van der Waals surface area contributed by atoms with Crippen LogP contribution >= 0.6 is 0 Å². The van der Waals surface area contributed by atoms with Crippen molar-refractivity contribution in [1.29, 1.82) is 0 Å². The Morgan fingerprint density at radius 1 is 1.27 bits per heavy atom. The molecule has 1 aliphatic carbocycles. The number of halogens is 1. The van der Waals surface area contributed by atoms with Gasteiger partial charge in [-0.25, -0.2) is 13.9 Å². The fourth-order valence-corrected chi connectivity index (χ4v) is 2.36. The molecule has 0 radical (unpaired) electrons. The summed E-state index contributed by atoms with van der Waals surface area (Å²) in [4.78, 5) is 16.7. The number of amides is 1. The average Bonchev–Trinajstić information content (AvgIpc) is 3.26. The number of anilines is 1. The van der Waals surface area contributed by atoms with Gasteiger partial charge >= 0.3 is 0 Å². The van der Waals surface area contributed by atoms with Crippen molar-refractivity contribution in [3.63, 3.8) is 0 Å². The van der Waals surface area contributed by atoms with Crippen molar-refractivity contribution in [2.75, 3.05) is 5.32 Å². The van der Waals surface area contributed by atoms with Gasteiger partial charge in [-0.15, -0.1) is 0 Å². The second kappa shape index (κ2) is 4.91. The van der Waals surface area contributed by atoms with E-state index >= 15 is 0 Å². The van der Waals surface area contributed by atoms with E-state index in [1.54, 1.807) is 28.8 Å². The van der Waals surface area contributed by atoms with Gasteiger partial charge in [0.05, 0.1) is 11.9 Å². The van der Waals surface area contributed by atoms with Crippen LogP contribution in [0.15, 0.2) is 42.6 Å². The first-order valence-corrected chi connectivity index (χ1v) is 7.12. The van der Waals surface area contributed by atoms with Gasteiger partial charge in [0.2, 0.25) is 0 Å². The van der Waals surface area contributed by atoms with E-state index in [0.717, 1.165) is 24.2 Å².